The molecule has 0 aliphatic heterocycles. The first kappa shape index (κ1) is 61.0. The third-order valence-electron chi connectivity index (χ3n) is 9.78. The number of benzene rings is 7. The number of anilines is 2. The van der Waals surface area contributed by atoms with Crippen molar-refractivity contribution in [2.45, 2.75) is 33.4 Å². The van der Waals surface area contributed by atoms with E-state index < -0.39 is 94.3 Å². The van der Waals surface area contributed by atoms with Gasteiger partial charge in [0.25, 0.3) is 20.2 Å². The molecule has 340 valence electrons. The molecule has 0 fully saturated rings. The summed E-state index contributed by atoms with van der Waals surface area (Å²) in [5.41, 5.74) is 12.8. The van der Waals surface area contributed by atoms with Crippen molar-refractivity contribution in [3.8, 4) is 22.6 Å². The van der Waals surface area contributed by atoms with Crippen LogP contribution in [0.1, 0.15) is 11.1 Å². The molecule has 7 aromatic carbocycles. The fraction of sp³-hybridized carbons (Fsp3) is 0.0500. The SMILES string of the molecule is Cc1cc(N=Nc2c(S(=O)(=O)O)cc3cc(S(=O)(=O)[O-])cc(N)c3c2[O-])c(C)cc1N=Nc1ccc(-c2ccc(N=Nc3c(S(=O)(=O)O)cc4cc(S(=O)(=O)[O-])cc(N)c4c3[O-])cc2)cc1.[Na+].[Na+].[Na+].[Na+]. The fourth-order valence-corrected chi connectivity index (χ4v) is 8.98. The molecule has 0 spiro atoms. The first-order valence-corrected chi connectivity index (χ1v) is 24.0. The third-order valence-corrected chi connectivity index (χ3v) is 13.1. The number of nitrogens with zero attached hydrogens (tertiary/aromatic N) is 6. The zero-order valence-corrected chi connectivity index (χ0v) is 48.8. The maximum atomic E-state index is 13.4. The van der Waals surface area contributed by atoms with Gasteiger partial charge in [0.1, 0.15) is 30.0 Å². The summed E-state index contributed by atoms with van der Waals surface area (Å²) in [4.78, 5) is -3.63. The van der Waals surface area contributed by atoms with Gasteiger partial charge in [0.05, 0.1) is 43.9 Å². The Morgan fingerprint density at radius 1 is 0.457 bits per heavy atom. The van der Waals surface area contributed by atoms with Gasteiger partial charge in [-0.25, -0.2) is 16.8 Å². The van der Waals surface area contributed by atoms with Crippen molar-refractivity contribution in [3.63, 3.8) is 0 Å². The van der Waals surface area contributed by atoms with Crippen molar-refractivity contribution < 1.29 is 180 Å². The summed E-state index contributed by atoms with van der Waals surface area (Å²) in [5.74, 6) is -2.20. The predicted molar refractivity (Wildman–Crippen MR) is 231 cm³/mol. The molecule has 0 aliphatic carbocycles. The Kier molecular flexibility index (Phi) is 20.3. The van der Waals surface area contributed by atoms with Crippen LogP contribution in [0.15, 0.2) is 147 Å². The summed E-state index contributed by atoms with van der Waals surface area (Å²) >= 11 is 0. The van der Waals surface area contributed by atoms with E-state index in [0.717, 1.165) is 42.0 Å². The monoisotopic (exact) mass is 1060 g/mol. The van der Waals surface area contributed by atoms with Crippen LogP contribution in [0, 0.1) is 13.8 Å². The van der Waals surface area contributed by atoms with Gasteiger partial charge >= 0.3 is 118 Å². The van der Waals surface area contributed by atoms with Gasteiger partial charge in [-0.15, -0.1) is 10.2 Å². The normalized spacial score (nSPS) is 12.2. The Hall–Kier alpha value is -3.30. The molecule has 0 heterocycles. The molecule has 0 aromatic heterocycles. The first-order chi connectivity index (χ1) is 30.7. The van der Waals surface area contributed by atoms with E-state index in [0.29, 0.717) is 28.1 Å². The van der Waals surface area contributed by atoms with Crippen LogP contribution in [0.2, 0.25) is 0 Å². The van der Waals surface area contributed by atoms with Gasteiger partial charge in [0.2, 0.25) is 0 Å². The van der Waals surface area contributed by atoms with E-state index in [9.17, 15) is 62.1 Å². The molecule has 7 aromatic rings. The second-order valence-electron chi connectivity index (χ2n) is 14.3. The number of aryl methyl sites for hydroxylation is 2. The van der Waals surface area contributed by atoms with E-state index in [1.54, 1.807) is 56.3 Å². The Labute approximate surface area is 488 Å². The van der Waals surface area contributed by atoms with E-state index in [4.69, 9.17) is 11.5 Å². The van der Waals surface area contributed by atoms with E-state index in [-0.39, 0.29) is 151 Å². The van der Waals surface area contributed by atoms with Crippen LogP contribution in [0.5, 0.6) is 11.5 Å². The van der Waals surface area contributed by atoms with E-state index in [1.807, 2.05) is 0 Å². The molecule has 30 heteroatoms. The molecule has 0 radical (unpaired) electrons. The van der Waals surface area contributed by atoms with Crippen molar-refractivity contribution in [2.75, 3.05) is 11.5 Å². The zero-order valence-electron chi connectivity index (χ0n) is 37.5. The minimum Gasteiger partial charge on any atom is -0.870 e. The molecule has 6 N–H and O–H groups in total. The van der Waals surface area contributed by atoms with Gasteiger partial charge in [-0.2, -0.15) is 37.3 Å². The average Bonchev–Trinajstić information content (AvgIpc) is 3.22. The smallest absolute Gasteiger partial charge is 0.870 e. The quantitative estimate of drug-likeness (QED) is 0.0409. The Bertz CT molecular complexity index is 3780. The Balaban J connectivity index is 0.00000324. The van der Waals surface area contributed by atoms with Gasteiger partial charge in [-0.05, 0) is 130 Å². The van der Waals surface area contributed by atoms with Crippen molar-refractivity contribution in [1.82, 2.24) is 0 Å². The minimum absolute atomic E-state index is 0. The summed E-state index contributed by atoms with van der Waals surface area (Å²) < 4.78 is 138. The number of nitrogens with two attached hydrogens (primary N) is 2. The summed E-state index contributed by atoms with van der Waals surface area (Å²) in [7, 11) is -20.3. The zero-order chi connectivity index (χ0) is 48.3. The molecule has 70 heavy (non-hydrogen) atoms. The molecule has 22 nitrogen and oxygen atoms in total. The van der Waals surface area contributed by atoms with Crippen LogP contribution >= 0.6 is 0 Å². The van der Waals surface area contributed by atoms with Crippen molar-refractivity contribution in [2.24, 2.45) is 30.7 Å². The van der Waals surface area contributed by atoms with Gasteiger partial charge in [-0.3, -0.25) is 9.11 Å². The number of nitrogen functional groups attached to an aromatic ring is 2. The minimum atomic E-state index is -5.13. The maximum absolute atomic E-state index is 13.4. The van der Waals surface area contributed by atoms with E-state index in [1.165, 1.54) is 18.2 Å². The van der Waals surface area contributed by atoms with Crippen LogP contribution in [-0.4, -0.2) is 51.9 Å². The number of fused-ring (bicyclic) bond motifs is 2. The summed E-state index contributed by atoms with van der Waals surface area (Å²) in [6.45, 7) is 3.30. The number of hydrogen-bond donors (Lipinski definition) is 4. The third kappa shape index (κ3) is 13.5. The number of azo groups is 3. The molecular weight excluding hydrogens is 1040 g/mol. The second kappa shape index (κ2) is 23.3. The van der Waals surface area contributed by atoms with Gasteiger partial charge in [0, 0.05) is 11.4 Å². The van der Waals surface area contributed by atoms with Gasteiger partial charge in [0.15, 0.2) is 0 Å². The molecule has 0 aliphatic rings. The molecule has 0 saturated heterocycles. The molecular formula is C40H28N8Na4O14S4. The van der Waals surface area contributed by atoms with Crippen LogP contribution in [0.25, 0.3) is 32.7 Å². The second-order valence-corrected chi connectivity index (χ2v) is 19.8. The van der Waals surface area contributed by atoms with Crippen LogP contribution in [0.3, 0.4) is 0 Å². The van der Waals surface area contributed by atoms with Gasteiger partial charge < -0.3 is 30.8 Å². The summed E-state index contributed by atoms with van der Waals surface area (Å²) in [6, 6.07) is 20.8. The standard InChI is InChI=1S/C40H32N8O14S4.4Na/c1-19-12-32(46-48-38-34(66(60,61)62)16-24-14-28(64(54,55)56)18-30(42)36(24)40(38)50)20(2)11-31(19)45-43-25-7-3-21(4-8-25)22-5-9-26(10-6-22)44-47-37-33(65(57,58)59)15-23-13-27(63(51,52)53)17-29(41)35(23)39(37)49;;;;/h3-18,49-50H,41-42H2,1-2H3,(H,51,52,53)(H,54,55,56)(H,57,58,59)(H,60,61,62);;;;/q;4*+1/p-4. The summed E-state index contributed by atoms with van der Waals surface area (Å²) in [5, 5.41) is 49.5. The molecule has 0 amide bonds. The first-order valence-electron chi connectivity index (χ1n) is 18.3. The summed E-state index contributed by atoms with van der Waals surface area (Å²) in [6.07, 6.45) is 0. The molecule has 0 unspecified atom stereocenters. The van der Waals surface area contributed by atoms with Crippen LogP contribution in [-0.2, 0) is 40.5 Å². The number of rotatable bonds is 11. The van der Waals surface area contributed by atoms with Crippen molar-refractivity contribution >= 4 is 108 Å². The Morgan fingerprint density at radius 2 is 0.771 bits per heavy atom. The van der Waals surface area contributed by atoms with Crippen molar-refractivity contribution in [3.05, 3.63) is 108 Å². The largest absolute Gasteiger partial charge is 1.00 e. The number of hydrogen-bond acceptors (Lipinski definition) is 20. The maximum Gasteiger partial charge on any atom is 1.00 e. The van der Waals surface area contributed by atoms with E-state index >= 15 is 0 Å². The molecule has 0 saturated carbocycles. The average molecular weight is 1060 g/mol. The molecule has 7 rings (SSSR count). The van der Waals surface area contributed by atoms with Crippen molar-refractivity contribution in [1.29, 1.82) is 0 Å². The molecule has 0 atom stereocenters. The topological polar surface area (TPSA) is 395 Å². The fourth-order valence-electron chi connectivity index (χ4n) is 6.59. The molecule has 0 bridgehead atoms. The van der Waals surface area contributed by atoms with E-state index in [2.05, 4.69) is 30.7 Å². The van der Waals surface area contributed by atoms with Gasteiger partial charge in [-0.1, -0.05) is 35.8 Å². The van der Waals surface area contributed by atoms with Crippen LogP contribution < -0.4 is 140 Å². The van der Waals surface area contributed by atoms with Crippen LogP contribution in [0.4, 0.5) is 45.5 Å². The predicted octanol–water partition coefficient (Wildman–Crippen LogP) is -4.85. The Morgan fingerprint density at radius 3 is 1.10 bits per heavy atom.